The molecule has 0 saturated heterocycles. The van der Waals surface area contributed by atoms with Crippen LogP contribution in [0, 0.1) is 11.3 Å². The first kappa shape index (κ1) is 18.1. The molecule has 2 rings (SSSR count). The average molecular weight is 344 g/mol. The van der Waals surface area contributed by atoms with E-state index in [9.17, 15) is 13.5 Å². The smallest absolute Gasteiger partial charge is 0.243 e. The van der Waals surface area contributed by atoms with Gasteiger partial charge in [-0.3, -0.25) is 0 Å². The molecule has 0 heterocycles. The van der Waals surface area contributed by atoms with Crippen LogP contribution in [0.1, 0.15) is 24.5 Å². The van der Waals surface area contributed by atoms with Crippen molar-refractivity contribution in [3.8, 4) is 6.07 Å². The van der Waals surface area contributed by atoms with Crippen LogP contribution >= 0.6 is 0 Å². The van der Waals surface area contributed by atoms with E-state index in [1.54, 1.807) is 6.92 Å². The van der Waals surface area contributed by atoms with Crippen LogP contribution in [0.15, 0.2) is 59.5 Å². The molecule has 5 nitrogen and oxygen atoms in total. The zero-order valence-electron chi connectivity index (χ0n) is 13.5. The molecular weight excluding hydrogens is 324 g/mol. The molecule has 0 aromatic heterocycles. The van der Waals surface area contributed by atoms with Gasteiger partial charge >= 0.3 is 0 Å². The minimum atomic E-state index is -3.73. The van der Waals surface area contributed by atoms with Gasteiger partial charge in [-0.15, -0.1) is 0 Å². The molecular formula is C18H20N2O3S. The second-order valence-corrected chi connectivity index (χ2v) is 7.42. The fourth-order valence-electron chi connectivity index (χ4n) is 2.41. The number of rotatable bonds is 7. The van der Waals surface area contributed by atoms with Crippen molar-refractivity contribution in [2.75, 3.05) is 6.61 Å². The summed E-state index contributed by atoms with van der Waals surface area (Å²) in [6.45, 7) is 1.92. The molecule has 126 valence electrons. The fourth-order valence-corrected chi connectivity index (χ4v) is 4.06. The number of sulfonamides is 1. The molecule has 0 aliphatic rings. The summed E-state index contributed by atoms with van der Waals surface area (Å²) in [5, 5.41) is 18.1. The third-order valence-corrected chi connectivity index (χ3v) is 5.78. The molecule has 1 N–H and O–H groups in total. The maximum absolute atomic E-state index is 13.0. The Labute approximate surface area is 142 Å². The van der Waals surface area contributed by atoms with Gasteiger partial charge in [0.25, 0.3) is 0 Å². The Morgan fingerprint density at radius 3 is 2.29 bits per heavy atom. The lowest BCUT2D eigenvalue weighted by molar-refractivity contribution is 0.230. The number of nitrogens with zero attached hydrogens (tertiary/aromatic N) is 2. The largest absolute Gasteiger partial charge is 0.396 e. The Hall–Kier alpha value is -2.20. The van der Waals surface area contributed by atoms with Gasteiger partial charge in [-0.2, -0.15) is 9.57 Å². The minimum Gasteiger partial charge on any atom is -0.396 e. The molecule has 0 saturated carbocycles. The van der Waals surface area contributed by atoms with Crippen LogP contribution in [-0.4, -0.2) is 30.5 Å². The summed E-state index contributed by atoms with van der Waals surface area (Å²) in [6, 6.07) is 16.8. The standard InChI is InChI=1S/C18H20N2O3S/c1-15(11-12-21)20(14-17-5-3-2-4-6-17)24(22,23)18-9-7-16(13-19)8-10-18/h2-10,15,21H,11-12,14H2,1H3. The van der Waals surface area contributed by atoms with E-state index in [1.165, 1.54) is 28.6 Å². The van der Waals surface area contributed by atoms with Crippen molar-refractivity contribution in [2.24, 2.45) is 0 Å². The summed E-state index contributed by atoms with van der Waals surface area (Å²) >= 11 is 0. The van der Waals surface area contributed by atoms with Crippen molar-refractivity contribution in [3.63, 3.8) is 0 Å². The predicted octanol–water partition coefficient (Wildman–Crippen LogP) is 2.52. The number of benzene rings is 2. The second-order valence-electron chi connectivity index (χ2n) is 5.53. The maximum Gasteiger partial charge on any atom is 0.243 e. The van der Waals surface area contributed by atoms with Gasteiger partial charge < -0.3 is 5.11 Å². The summed E-state index contributed by atoms with van der Waals surface area (Å²) < 4.78 is 27.4. The van der Waals surface area contributed by atoms with Gasteiger partial charge in [0.1, 0.15) is 0 Å². The zero-order valence-corrected chi connectivity index (χ0v) is 14.3. The molecule has 0 bridgehead atoms. The zero-order chi connectivity index (χ0) is 17.6. The van der Waals surface area contributed by atoms with Crippen LogP contribution in [0.3, 0.4) is 0 Å². The Balaban J connectivity index is 2.38. The summed E-state index contributed by atoms with van der Waals surface area (Å²) in [4.78, 5) is 0.141. The predicted molar refractivity (Wildman–Crippen MR) is 91.5 cm³/mol. The van der Waals surface area contributed by atoms with Gasteiger partial charge in [-0.25, -0.2) is 8.42 Å². The number of hydrogen-bond donors (Lipinski definition) is 1. The van der Waals surface area contributed by atoms with Crippen LogP contribution in [0.4, 0.5) is 0 Å². The molecule has 0 spiro atoms. The van der Waals surface area contributed by atoms with Gasteiger partial charge in [0.15, 0.2) is 0 Å². The lowest BCUT2D eigenvalue weighted by atomic mass is 10.2. The molecule has 0 fully saturated rings. The Kier molecular flexibility index (Phi) is 6.10. The summed E-state index contributed by atoms with van der Waals surface area (Å²) in [5.74, 6) is 0. The minimum absolute atomic E-state index is 0.0879. The molecule has 2 aromatic carbocycles. The van der Waals surface area contributed by atoms with Crippen molar-refractivity contribution < 1.29 is 13.5 Å². The maximum atomic E-state index is 13.0. The van der Waals surface area contributed by atoms with Crippen molar-refractivity contribution >= 4 is 10.0 Å². The molecule has 24 heavy (non-hydrogen) atoms. The van der Waals surface area contributed by atoms with Gasteiger partial charge in [0.2, 0.25) is 10.0 Å². The van der Waals surface area contributed by atoms with Crippen LogP contribution in [0.5, 0.6) is 0 Å². The van der Waals surface area contributed by atoms with Crippen molar-refractivity contribution in [1.29, 1.82) is 5.26 Å². The highest BCUT2D eigenvalue weighted by Gasteiger charge is 2.29. The number of nitriles is 1. The number of aliphatic hydroxyl groups is 1. The highest BCUT2D eigenvalue weighted by molar-refractivity contribution is 7.89. The monoisotopic (exact) mass is 344 g/mol. The molecule has 0 radical (unpaired) electrons. The second kappa shape index (κ2) is 8.06. The number of aliphatic hydroxyl groups excluding tert-OH is 1. The topological polar surface area (TPSA) is 81.4 Å². The first-order valence-electron chi connectivity index (χ1n) is 7.66. The van der Waals surface area contributed by atoms with E-state index in [1.807, 2.05) is 36.4 Å². The van der Waals surface area contributed by atoms with Crippen LogP contribution in [0.25, 0.3) is 0 Å². The molecule has 0 aliphatic heterocycles. The van der Waals surface area contributed by atoms with Crippen molar-refractivity contribution in [3.05, 3.63) is 65.7 Å². The van der Waals surface area contributed by atoms with Crippen LogP contribution in [0.2, 0.25) is 0 Å². The van der Waals surface area contributed by atoms with E-state index in [-0.39, 0.29) is 24.1 Å². The lowest BCUT2D eigenvalue weighted by Gasteiger charge is -2.28. The molecule has 1 atom stereocenters. The van der Waals surface area contributed by atoms with E-state index in [2.05, 4.69) is 0 Å². The molecule has 0 aliphatic carbocycles. The Morgan fingerprint density at radius 1 is 1.12 bits per heavy atom. The molecule has 2 aromatic rings. The van der Waals surface area contributed by atoms with Crippen molar-refractivity contribution in [1.82, 2.24) is 4.31 Å². The first-order valence-corrected chi connectivity index (χ1v) is 9.10. The average Bonchev–Trinajstić information content (AvgIpc) is 2.60. The van der Waals surface area contributed by atoms with Gasteiger partial charge in [-0.05, 0) is 43.2 Å². The summed E-state index contributed by atoms with van der Waals surface area (Å²) in [5.41, 5.74) is 1.28. The lowest BCUT2D eigenvalue weighted by Crippen LogP contribution is -2.38. The highest BCUT2D eigenvalue weighted by atomic mass is 32.2. The molecule has 6 heteroatoms. The highest BCUT2D eigenvalue weighted by Crippen LogP contribution is 2.22. The Bertz CT molecular complexity index is 796. The first-order chi connectivity index (χ1) is 11.5. The van der Waals surface area contributed by atoms with Gasteiger partial charge in [0, 0.05) is 19.2 Å². The SMILES string of the molecule is CC(CCO)N(Cc1ccccc1)S(=O)(=O)c1ccc(C#N)cc1. The number of hydrogen-bond acceptors (Lipinski definition) is 4. The quantitative estimate of drug-likeness (QED) is 0.837. The van der Waals surface area contributed by atoms with E-state index in [4.69, 9.17) is 5.26 Å². The summed E-state index contributed by atoms with van der Waals surface area (Å²) in [7, 11) is -3.73. The van der Waals surface area contributed by atoms with E-state index < -0.39 is 10.0 Å². The Morgan fingerprint density at radius 2 is 1.75 bits per heavy atom. The normalized spacial score (nSPS) is 12.8. The molecule has 0 amide bonds. The third-order valence-electron chi connectivity index (χ3n) is 3.81. The summed E-state index contributed by atoms with van der Waals surface area (Å²) in [6.07, 6.45) is 0.350. The van der Waals surface area contributed by atoms with E-state index in [0.29, 0.717) is 12.0 Å². The van der Waals surface area contributed by atoms with E-state index in [0.717, 1.165) is 5.56 Å². The van der Waals surface area contributed by atoms with Gasteiger partial charge in [-0.1, -0.05) is 30.3 Å². The van der Waals surface area contributed by atoms with Crippen molar-refractivity contribution in [2.45, 2.75) is 30.8 Å². The van der Waals surface area contributed by atoms with Crippen LogP contribution < -0.4 is 0 Å². The van der Waals surface area contributed by atoms with Crippen LogP contribution in [-0.2, 0) is 16.6 Å². The molecule has 1 unspecified atom stereocenters. The van der Waals surface area contributed by atoms with Gasteiger partial charge in [0.05, 0.1) is 16.5 Å². The third kappa shape index (κ3) is 4.20. The fraction of sp³-hybridized carbons (Fsp3) is 0.278. The van der Waals surface area contributed by atoms with E-state index >= 15 is 0 Å².